The van der Waals surface area contributed by atoms with Gasteiger partial charge in [0.25, 0.3) is 0 Å². The molecule has 0 N–H and O–H groups in total. The number of nitrogens with zero attached hydrogens (tertiary/aromatic N) is 6. The summed E-state index contributed by atoms with van der Waals surface area (Å²) in [6, 6.07) is 151. The van der Waals surface area contributed by atoms with E-state index in [1.54, 1.807) is 0 Å². The molecule has 9 nitrogen and oxygen atoms in total. The summed E-state index contributed by atoms with van der Waals surface area (Å²) < 4.78 is 22.2. The SMILES string of the molecule is c1ccc(-c2nc(-c3ccc4nc(-c5ccccc5)c5cc6c(cc5c4c3)C3(c4ccccc4Oc4ccccc43)c3ccccc3-6)cc(-c3cccc4c3sc3ccccc34)n2)cc1.c1ccc(-c2nc(-c3ccc4nc(-c5ccccc5)c5cc6c(cc5c4c3)C3(c4ccccc4Oc4ccccc43)c3ccccc3-6)cc(-c3cccc4oc5ccccc5c34)n2)cc1. The van der Waals surface area contributed by atoms with Gasteiger partial charge in [0.2, 0.25) is 0 Å². The van der Waals surface area contributed by atoms with Crippen LogP contribution in [0, 0.1) is 0 Å². The standard InChI is InChI=1S/C60H35N3O2.C60H35N3OS/c1-3-16-36(17-4-1)58-45-33-43-39-20-7-9-23-46(39)60(47-24-10-13-27-54(47)65-55-28-14-11-25-48(55)60)49(43)34-42(45)44-32-38(30-31-50(44)61-58)51-35-52(63-59(62-51)37-18-5-2-6-19-37)40-22-15-29-56-57(40)41-21-8-12-26-53(41)64-56;1-3-16-36(17-4-1)57-46-33-44-39-20-7-9-24-47(39)60(48-25-10-12-27-54(48)64-55-28-13-11-26-49(55)60)50(44)34-43(46)45-32-38(30-31-51(45)61-57)52-35-53(63-59(62-52)37-18-5-2-6-19-37)42-23-15-22-41-40-21-8-14-29-56(40)65-58(41)42/h2*1-35H. The van der Waals surface area contributed by atoms with E-state index in [1.807, 2.05) is 59.9 Å². The molecule has 130 heavy (non-hydrogen) atoms. The smallest absolute Gasteiger partial charge is 0.160 e. The van der Waals surface area contributed by atoms with Crippen molar-refractivity contribution in [2.24, 2.45) is 0 Å². The van der Waals surface area contributed by atoms with E-state index in [0.717, 1.165) is 189 Å². The minimum Gasteiger partial charge on any atom is -0.457 e. The van der Waals surface area contributed by atoms with Crippen molar-refractivity contribution in [3.8, 4) is 136 Å². The minimum absolute atomic E-state index is 0.606. The van der Waals surface area contributed by atoms with Crippen LogP contribution in [-0.2, 0) is 10.8 Å². The van der Waals surface area contributed by atoms with Crippen LogP contribution < -0.4 is 9.47 Å². The first-order valence-electron chi connectivity index (χ1n) is 44.0. The Morgan fingerprint density at radius 1 is 0.208 bits per heavy atom. The summed E-state index contributed by atoms with van der Waals surface area (Å²) >= 11 is 1.82. The fourth-order valence-corrected chi connectivity index (χ4v) is 22.7. The van der Waals surface area contributed by atoms with Crippen molar-refractivity contribution in [2.75, 3.05) is 0 Å². The third-order valence-corrected chi connectivity index (χ3v) is 28.3. The normalized spacial score (nSPS) is 13.2. The van der Waals surface area contributed by atoms with Crippen molar-refractivity contribution >= 4 is 96.8 Å². The van der Waals surface area contributed by atoms with E-state index in [9.17, 15) is 0 Å². The highest BCUT2D eigenvalue weighted by Gasteiger charge is 2.53. The van der Waals surface area contributed by atoms with E-state index >= 15 is 0 Å². The van der Waals surface area contributed by atoms with E-state index < -0.39 is 10.8 Å². The second-order valence-corrected chi connectivity index (χ2v) is 35.0. The number of hydrogen-bond donors (Lipinski definition) is 0. The molecular formula is C120H70N6O3S. The molecule has 6 aromatic heterocycles. The van der Waals surface area contributed by atoms with Crippen LogP contribution in [-0.4, -0.2) is 29.9 Å². The number of furan rings is 1. The van der Waals surface area contributed by atoms with Gasteiger partial charge >= 0.3 is 0 Å². The van der Waals surface area contributed by atoms with Crippen LogP contribution in [0.15, 0.2) is 429 Å². The van der Waals surface area contributed by atoms with Gasteiger partial charge in [0.15, 0.2) is 11.6 Å². The Bertz CT molecular complexity index is 8800. The number of fused-ring (bicyclic) bond motifs is 30. The molecule has 2 aliphatic heterocycles. The van der Waals surface area contributed by atoms with Crippen LogP contribution in [0.2, 0.25) is 0 Å². The van der Waals surface area contributed by atoms with Gasteiger partial charge in [-0.15, -0.1) is 11.3 Å². The lowest BCUT2D eigenvalue weighted by atomic mass is 9.66. The van der Waals surface area contributed by atoms with Crippen LogP contribution in [0.4, 0.5) is 0 Å². The van der Waals surface area contributed by atoms with Crippen LogP contribution in [0.1, 0.15) is 44.5 Å². The molecule has 0 radical (unpaired) electrons. The number of ether oxygens (including phenoxy) is 2. The Morgan fingerprint density at radius 3 is 1.08 bits per heavy atom. The van der Waals surface area contributed by atoms with Gasteiger partial charge in [0, 0.05) is 119 Å². The Morgan fingerprint density at radius 2 is 0.585 bits per heavy atom. The first kappa shape index (κ1) is 73.4. The van der Waals surface area contributed by atoms with E-state index in [1.165, 1.54) is 64.7 Å². The summed E-state index contributed by atoms with van der Waals surface area (Å²) in [5.74, 6) is 4.83. The van der Waals surface area contributed by atoms with Gasteiger partial charge in [-0.05, 0) is 158 Å². The number of rotatable bonds is 8. The minimum atomic E-state index is -0.615. The number of pyridine rings is 2. The molecule has 24 aromatic rings. The van der Waals surface area contributed by atoms with Crippen molar-refractivity contribution in [2.45, 2.75) is 10.8 Å². The van der Waals surface area contributed by atoms with Gasteiger partial charge in [-0.1, -0.05) is 322 Å². The molecule has 28 rings (SSSR count). The molecule has 10 heteroatoms. The average molecular weight is 1680 g/mol. The molecule has 4 aliphatic rings. The van der Waals surface area contributed by atoms with Gasteiger partial charge in [-0.3, -0.25) is 0 Å². The van der Waals surface area contributed by atoms with E-state index in [0.29, 0.717) is 11.6 Å². The second kappa shape index (κ2) is 28.8. The molecule has 604 valence electrons. The molecule has 2 aliphatic carbocycles. The number of thiophene rings is 1. The maximum atomic E-state index is 6.69. The van der Waals surface area contributed by atoms with Gasteiger partial charge < -0.3 is 13.9 Å². The molecule has 0 amide bonds. The number of hydrogen-bond acceptors (Lipinski definition) is 10. The molecular weight excluding hydrogens is 1610 g/mol. The molecule has 8 heterocycles. The highest BCUT2D eigenvalue weighted by atomic mass is 32.1. The molecule has 0 saturated carbocycles. The third-order valence-electron chi connectivity index (χ3n) is 27.1. The van der Waals surface area contributed by atoms with E-state index in [4.69, 9.17) is 43.8 Å². The van der Waals surface area contributed by atoms with Crippen molar-refractivity contribution in [1.82, 2.24) is 29.9 Å². The van der Waals surface area contributed by atoms with Crippen LogP contribution in [0.5, 0.6) is 23.0 Å². The van der Waals surface area contributed by atoms with Gasteiger partial charge in [-0.2, -0.15) is 0 Å². The fraction of sp³-hybridized carbons (Fsp3) is 0.0167. The van der Waals surface area contributed by atoms with Crippen molar-refractivity contribution in [3.63, 3.8) is 0 Å². The number of benzene rings is 18. The molecule has 0 bridgehead atoms. The summed E-state index contributed by atoms with van der Waals surface area (Å²) in [4.78, 5) is 32.2. The maximum Gasteiger partial charge on any atom is 0.160 e. The van der Waals surface area contributed by atoms with Gasteiger partial charge in [0.1, 0.15) is 34.2 Å². The molecule has 18 aromatic carbocycles. The molecule has 0 atom stereocenters. The maximum absolute atomic E-state index is 6.69. The van der Waals surface area contributed by atoms with E-state index in [2.05, 4.69) is 376 Å². The highest BCUT2D eigenvalue weighted by molar-refractivity contribution is 7.26. The average Bonchev–Trinajstić information content (AvgIpc) is 1.51. The monoisotopic (exact) mass is 1670 g/mol. The Balaban J connectivity index is 0.000000134. The molecule has 0 unspecified atom stereocenters. The topological polar surface area (TPSA) is 109 Å². The zero-order valence-electron chi connectivity index (χ0n) is 69.7. The lowest BCUT2D eigenvalue weighted by molar-refractivity contribution is 0.436. The summed E-state index contributed by atoms with van der Waals surface area (Å²) in [5.41, 5.74) is 30.0. The van der Waals surface area contributed by atoms with E-state index in [-0.39, 0.29) is 0 Å². The Hall–Kier alpha value is -16.9. The third kappa shape index (κ3) is 11.0. The van der Waals surface area contributed by atoms with Crippen molar-refractivity contribution < 1.29 is 13.9 Å². The number of aromatic nitrogens is 6. The lowest BCUT2D eigenvalue weighted by Crippen LogP contribution is -2.32. The zero-order valence-corrected chi connectivity index (χ0v) is 70.5. The van der Waals surface area contributed by atoms with Gasteiger partial charge in [-0.25, -0.2) is 29.9 Å². The van der Waals surface area contributed by atoms with Crippen LogP contribution in [0.3, 0.4) is 0 Å². The van der Waals surface area contributed by atoms with Gasteiger partial charge in [0.05, 0.1) is 56.0 Å². The summed E-state index contributed by atoms with van der Waals surface area (Å²) in [7, 11) is 0. The van der Waals surface area contributed by atoms with Crippen LogP contribution in [0.25, 0.3) is 198 Å². The van der Waals surface area contributed by atoms with Crippen LogP contribution >= 0.6 is 11.3 Å². The highest BCUT2D eigenvalue weighted by Crippen LogP contribution is 2.66. The largest absolute Gasteiger partial charge is 0.457 e. The zero-order chi connectivity index (χ0) is 85.3. The fourth-order valence-electron chi connectivity index (χ4n) is 21.5. The quantitative estimate of drug-likeness (QED) is 0.137. The molecule has 0 fully saturated rings. The summed E-state index contributed by atoms with van der Waals surface area (Å²) in [6.45, 7) is 0. The summed E-state index contributed by atoms with van der Waals surface area (Å²) in [6.07, 6.45) is 0. The predicted octanol–water partition coefficient (Wildman–Crippen LogP) is 30.9. The molecule has 0 saturated heterocycles. The Kier molecular flexibility index (Phi) is 16.3. The Labute approximate surface area is 750 Å². The summed E-state index contributed by atoms with van der Waals surface area (Å²) in [5, 5.41) is 11.1. The van der Waals surface area contributed by atoms with Crippen molar-refractivity contribution in [1.29, 1.82) is 0 Å². The lowest BCUT2D eigenvalue weighted by Gasteiger charge is -2.39. The first-order valence-corrected chi connectivity index (χ1v) is 44.8. The second-order valence-electron chi connectivity index (χ2n) is 34.0. The first-order chi connectivity index (χ1) is 64.4. The number of para-hydroxylation sites is 5. The predicted molar refractivity (Wildman–Crippen MR) is 528 cm³/mol. The molecule has 2 spiro atoms. The van der Waals surface area contributed by atoms with Crippen molar-refractivity contribution in [3.05, 3.63) is 469 Å².